The number of benzene rings is 1. The molecule has 0 aliphatic heterocycles. The summed E-state index contributed by atoms with van der Waals surface area (Å²) in [4.78, 5) is 0. The molecular weight excluding hydrogens is 212 g/mol. The number of aliphatic hydroxyl groups excluding tert-OH is 1. The fourth-order valence-electron chi connectivity index (χ4n) is 2.22. The lowest BCUT2D eigenvalue weighted by molar-refractivity contribution is 0.278. The maximum Gasteiger partial charge on any atom is 0.0706 e. The van der Waals surface area contributed by atoms with Crippen LogP contribution in [-0.2, 0) is 6.54 Å². The zero-order valence-electron chi connectivity index (χ0n) is 9.45. The molecule has 3 aromatic rings. The number of para-hydroxylation sites is 1. The SMILES string of the molecule is OCCn1cc(-n2cccc2)c2ccccc21. The van der Waals surface area contributed by atoms with Crippen molar-refractivity contribution in [3.05, 3.63) is 55.0 Å². The van der Waals surface area contributed by atoms with Crippen molar-refractivity contribution in [2.45, 2.75) is 6.54 Å². The van der Waals surface area contributed by atoms with Crippen molar-refractivity contribution in [2.75, 3.05) is 6.61 Å². The lowest BCUT2D eigenvalue weighted by atomic mass is 10.2. The fourth-order valence-corrected chi connectivity index (χ4v) is 2.22. The second-order valence-corrected chi connectivity index (χ2v) is 4.04. The first-order valence-electron chi connectivity index (χ1n) is 5.72. The van der Waals surface area contributed by atoms with Gasteiger partial charge >= 0.3 is 0 Å². The molecule has 3 nitrogen and oxygen atoms in total. The van der Waals surface area contributed by atoms with E-state index in [0.717, 1.165) is 11.2 Å². The lowest BCUT2D eigenvalue weighted by Gasteiger charge is -2.00. The number of aromatic nitrogens is 2. The topological polar surface area (TPSA) is 30.1 Å². The normalized spacial score (nSPS) is 11.1. The number of hydrogen-bond acceptors (Lipinski definition) is 1. The monoisotopic (exact) mass is 226 g/mol. The summed E-state index contributed by atoms with van der Waals surface area (Å²) >= 11 is 0. The Morgan fingerprint density at radius 3 is 2.53 bits per heavy atom. The van der Waals surface area contributed by atoms with Gasteiger partial charge in [0.1, 0.15) is 0 Å². The third-order valence-corrected chi connectivity index (χ3v) is 2.99. The quantitative estimate of drug-likeness (QED) is 0.730. The van der Waals surface area contributed by atoms with Gasteiger partial charge in [0.15, 0.2) is 0 Å². The average molecular weight is 226 g/mol. The van der Waals surface area contributed by atoms with E-state index in [-0.39, 0.29) is 6.61 Å². The molecule has 2 aromatic heterocycles. The molecule has 0 bridgehead atoms. The van der Waals surface area contributed by atoms with Crippen LogP contribution in [0.25, 0.3) is 16.6 Å². The Hall–Kier alpha value is -2.00. The Morgan fingerprint density at radius 2 is 1.76 bits per heavy atom. The van der Waals surface area contributed by atoms with Crippen LogP contribution in [0.4, 0.5) is 0 Å². The van der Waals surface area contributed by atoms with Crippen molar-refractivity contribution in [1.82, 2.24) is 9.13 Å². The molecule has 1 aromatic carbocycles. The average Bonchev–Trinajstić information content (AvgIpc) is 2.97. The Kier molecular flexibility index (Phi) is 2.46. The first-order valence-corrected chi connectivity index (χ1v) is 5.72. The summed E-state index contributed by atoms with van der Waals surface area (Å²) in [5, 5.41) is 10.3. The molecule has 86 valence electrons. The number of nitrogens with zero attached hydrogens (tertiary/aromatic N) is 2. The largest absolute Gasteiger partial charge is 0.395 e. The van der Waals surface area contributed by atoms with Crippen molar-refractivity contribution >= 4 is 10.9 Å². The Morgan fingerprint density at radius 1 is 1.00 bits per heavy atom. The van der Waals surface area contributed by atoms with Gasteiger partial charge in [0.05, 0.1) is 17.8 Å². The van der Waals surface area contributed by atoms with E-state index in [1.54, 1.807) is 0 Å². The van der Waals surface area contributed by atoms with E-state index in [1.807, 2.05) is 36.7 Å². The molecule has 0 saturated heterocycles. The second-order valence-electron chi connectivity index (χ2n) is 4.04. The maximum absolute atomic E-state index is 9.09. The third-order valence-electron chi connectivity index (χ3n) is 2.99. The third kappa shape index (κ3) is 1.65. The highest BCUT2D eigenvalue weighted by Gasteiger charge is 2.08. The molecule has 3 rings (SSSR count). The standard InChI is InChI=1S/C14H14N2O/c17-10-9-16-11-14(15-7-3-4-8-15)12-5-1-2-6-13(12)16/h1-8,11,17H,9-10H2. The van der Waals surface area contributed by atoms with E-state index in [1.165, 1.54) is 5.39 Å². The minimum Gasteiger partial charge on any atom is -0.395 e. The summed E-state index contributed by atoms with van der Waals surface area (Å²) in [6.45, 7) is 0.783. The second kappa shape index (κ2) is 4.11. The highest BCUT2D eigenvalue weighted by atomic mass is 16.3. The molecule has 2 heterocycles. The van der Waals surface area contributed by atoms with Gasteiger partial charge < -0.3 is 14.2 Å². The smallest absolute Gasteiger partial charge is 0.0706 e. The van der Waals surface area contributed by atoms with Gasteiger partial charge in [-0.3, -0.25) is 0 Å². The number of hydrogen-bond donors (Lipinski definition) is 1. The summed E-state index contributed by atoms with van der Waals surface area (Å²) in [6, 6.07) is 12.3. The highest BCUT2D eigenvalue weighted by molar-refractivity contribution is 5.89. The van der Waals surface area contributed by atoms with Crippen LogP contribution in [0.2, 0.25) is 0 Å². The van der Waals surface area contributed by atoms with Crippen LogP contribution in [0.15, 0.2) is 55.0 Å². The van der Waals surface area contributed by atoms with Crippen LogP contribution in [0.3, 0.4) is 0 Å². The number of fused-ring (bicyclic) bond motifs is 1. The van der Waals surface area contributed by atoms with Crippen molar-refractivity contribution in [3.8, 4) is 5.69 Å². The van der Waals surface area contributed by atoms with Crippen molar-refractivity contribution in [1.29, 1.82) is 0 Å². The van der Waals surface area contributed by atoms with Gasteiger partial charge in [-0.25, -0.2) is 0 Å². The van der Waals surface area contributed by atoms with Gasteiger partial charge in [-0.05, 0) is 18.2 Å². The lowest BCUT2D eigenvalue weighted by Crippen LogP contribution is -1.99. The molecule has 0 aliphatic carbocycles. The maximum atomic E-state index is 9.09. The van der Waals surface area contributed by atoms with Gasteiger partial charge in [0.25, 0.3) is 0 Å². The van der Waals surface area contributed by atoms with Crippen LogP contribution in [-0.4, -0.2) is 20.8 Å². The molecule has 1 N–H and O–H groups in total. The zero-order valence-corrected chi connectivity index (χ0v) is 9.45. The Balaban J connectivity index is 2.25. The predicted octanol–water partition coefficient (Wildman–Crippen LogP) is 2.42. The summed E-state index contributed by atoms with van der Waals surface area (Å²) < 4.78 is 4.18. The molecule has 0 spiro atoms. The Bertz CT molecular complexity index is 623. The first kappa shape index (κ1) is 10.2. The van der Waals surface area contributed by atoms with E-state index in [0.29, 0.717) is 6.54 Å². The first-order chi connectivity index (χ1) is 8.40. The van der Waals surface area contributed by atoms with Crippen molar-refractivity contribution < 1.29 is 5.11 Å². The fraction of sp³-hybridized carbons (Fsp3) is 0.143. The minimum atomic E-state index is 0.157. The zero-order chi connectivity index (χ0) is 11.7. The molecule has 0 unspecified atom stereocenters. The van der Waals surface area contributed by atoms with Gasteiger partial charge in [0.2, 0.25) is 0 Å². The van der Waals surface area contributed by atoms with Crippen molar-refractivity contribution in [3.63, 3.8) is 0 Å². The van der Waals surface area contributed by atoms with E-state index < -0.39 is 0 Å². The summed E-state index contributed by atoms with van der Waals surface area (Å²) in [7, 11) is 0. The minimum absolute atomic E-state index is 0.157. The van der Waals surface area contributed by atoms with E-state index in [2.05, 4.69) is 27.5 Å². The molecule has 0 aliphatic rings. The van der Waals surface area contributed by atoms with Gasteiger partial charge in [-0.1, -0.05) is 18.2 Å². The van der Waals surface area contributed by atoms with Crippen LogP contribution >= 0.6 is 0 Å². The highest BCUT2D eigenvalue weighted by Crippen LogP contribution is 2.24. The molecule has 17 heavy (non-hydrogen) atoms. The molecule has 0 fully saturated rings. The van der Waals surface area contributed by atoms with Crippen LogP contribution in [0.5, 0.6) is 0 Å². The molecule has 0 atom stereocenters. The molecule has 3 heteroatoms. The molecular formula is C14H14N2O. The molecule has 0 radical (unpaired) electrons. The number of rotatable bonds is 3. The Labute approximate surface area is 99.5 Å². The van der Waals surface area contributed by atoms with E-state index >= 15 is 0 Å². The summed E-state index contributed by atoms with van der Waals surface area (Å²) in [6.07, 6.45) is 6.15. The summed E-state index contributed by atoms with van der Waals surface area (Å²) in [5.74, 6) is 0. The van der Waals surface area contributed by atoms with Crippen LogP contribution < -0.4 is 0 Å². The van der Waals surface area contributed by atoms with Crippen LogP contribution in [0.1, 0.15) is 0 Å². The molecule has 0 saturated carbocycles. The molecule has 0 amide bonds. The van der Waals surface area contributed by atoms with E-state index in [9.17, 15) is 0 Å². The van der Waals surface area contributed by atoms with Crippen molar-refractivity contribution in [2.24, 2.45) is 0 Å². The predicted molar refractivity (Wildman–Crippen MR) is 68.4 cm³/mol. The van der Waals surface area contributed by atoms with Gasteiger partial charge in [0, 0.05) is 30.5 Å². The van der Waals surface area contributed by atoms with E-state index in [4.69, 9.17) is 5.11 Å². The number of aliphatic hydroxyl groups is 1. The van der Waals surface area contributed by atoms with Crippen LogP contribution in [0, 0.1) is 0 Å². The van der Waals surface area contributed by atoms with Gasteiger partial charge in [-0.2, -0.15) is 0 Å². The van der Waals surface area contributed by atoms with Gasteiger partial charge in [-0.15, -0.1) is 0 Å². The summed E-state index contributed by atoms with van der Waals surface area (Å²) in [5.41, 5.74) is 2.31.